The number of aromatic hydroxyl groups is 1. The van der Waals surface area contributed by atoms with Crippen molar-refractivity contribution in [3.8, 4) is 28.7 Å². The molecule has 3 aromatic heterocycles. The van der Waals surface area contributed by atoms with E-state index < -0.39 is 0 Å². The van der Waals surface area contributed by atoms with Crippen LogP contribution in [0.25, 0.3) is 23.0 Å². The Bertz CT molecular complexity index is 712. The smallest absolute Gasteiger partial charge is 0.262 e. The molecule has 3 heterocycles. The standard InChI is InChI=1S/C12H7BrN4O2/c13-7-1-2-9(15-5-7)11-16-12(19-17-11)8-3-4-14-6-10(8)18/h1-6,18H. The maximum absolute atomic E-state index is 9.67. The fourth-order valence-corrected chi connectivity index (χ4v) is 1.75. The number of hydrogen-bond acceptors (Lipinski definition) is 6. The van der Waals surface area contributed by atoms with Gasteiger partial charge in [0.05, 0.1) is 11.8 Å². The van der Waals surface area contributed by atoms with Crippen LogP contribution in [0.3, 0.4) is 0 Å². The lowest BCUT2D eigenvalue weighted by Crippen LogP contribution is -1.85. The van der Waals surface area contributed by atoms with Crippen molar-refractivity contribution in [2.75, 3.05) is 0 Å². The molecule has 0 aliphatic heterocycles. The summed E-state index contributed by atoms with van der Waals surface area (Å²) in [6.45, 7) is 0. The van der Waals surface area contributed by atoms with E-state index in [1.165, 1.54) is 12.4 Å². The Kier molecular flexibility index (Phi) is 2.96. The first-order valence-electron chi connectivity index (χ1n) is 5.33. The summed E-state index contributed by atoms with van der Waals surface area (Å²) < 4.78 is 5.98. The molecular formula is C12H7BrN4O2. The second kappa shape index (κ2) is 4.77. The average molecular weight is 319 g/mol. The van der Waals surface area contributed by atoms with Gasteiger partial charge in [-0.1, -0.05) is 5.16 Å². The van der Waals surface area contributed by atoms with E-state index in [4.69, 9.17) is 4.52 Å². The molecule has 19 heavy (non-hydrogen) atoms. The first-order valence-corrected chi connectivity index (χ1v) is 6.12. The van der Waals surface area contributed by atoms with Crippen molar-refractivity contribution in [3.05, 3.63) is 41.3 Å². The molecule has 0 aliphatic rings. The van der Waals surface area contributed by atoms with Crippen LogP contribution in [0.4, 0.5) is 0 Å². The molecule has 0 bridgehead atoms. The van der Waals surface area contributed by atoms with E-state index in [0.29, 0.717) is 17.1 Å². The van der Waals surface area contributed by atoms with Crippen LogP contribution in [0, 0.1) is 0 Å². The van der Waals surface area contributed by atoms with Crippen molar-refractivity contribution >= 4 is 15.9 Å². The fourth-order valence-electron chi connectivity index (χ4n) is 1.51. The highest BCUT2D eigenvalue weighted by atomic mass is 79.9. The molecule has 0 saturated carbocycles. The van der Waals surface area contributed by atoms with Gasteiger partial charge in [-0.15, -0.1) is 0 Å². The van der Waals surface area contributed by atoms with Gasteiger partial charge < -0.3 is 9.63 Å². The normalized spacial score (nSPS) is 10.6. The molecular weight excluding hydrogens is 312 g/mol. The van der Waals surface area contributed by atoms with Gasteiger partial charge >= 0.3 is 0 Å². The fraction of sp³-hybridized carbons (Fsp3) is 0. The molecule has 0 aliphatic carbocycles. The van der Waals surface area contributed by atoms with Gasteiger partial charge in [-0.2, -0.15) is 4.98 Å². The maximum Gasteiger partial charge on any atom is 0.262 e. The summed E-state index contributed by atoms with van der Waals surface area (Å²) in [4.78, 5) is 12.2. The van der Waals surface area contributed by atoms with Crippen molar-refractivity contribution in [1.29, 1.82) is 0 Å². The lowest BCUT2D eigenvalue weighted by atomic mass is 10.2. The Morgan fingerprint density at radius 1 is 1.16 bits per heavy atom. The number of rotatable bonds is 2. The van der Waals surface area contributed by atoms with Gasteiger partial charge in [-0.3, -0.25) is 9.97 Å². The minimum absolute atomic E-state index is 0.0125. The van der Waals surface area contributed by atoms with Gasteiger partial charge in [-0.05, 0) is 34.1 Å². The van der Waals surface area contributed by atoms with Crippen molar-refractivity contribution in [2.24, 2.45) is 0 Å². The second-order valence-electron chi connectivity index (χ2n) is 3.68. The minimum atomic E-state index is -0.0125. The maximum atomic E-state index is 9.67. The molecule has 0 fully saturated rings. The Morgan fingerprint density at radius 3 is 2.79 bits per heavy atom. The third-order valence-corrected chi connectivity index (χ3v) is 2.88. The predicted molar refractivity (Wildman–Crippen MR) is 70.1 cm³/mol. The van der Waals surface area contributed by atoms with E-state index in [0.717, 1.165) is 4.47 Å². The molecule has 0 saturated heterocycles. The van der Waals surface area contributed by atoms with E-state index in [1.54, 1.807) is 18.3 Å². The van der Waals surface area contributed by atoms with Gasteiger partial charge in [0.15, 0.2) is 0 Å². The summed E-state index contributed by atoms with van der Waals surface area (Å²) in [5.41, 5.74) is 1.03. The summed E-state index contributed by atoms with van der Waals surface area (Å²) >= 11 is 3.30. The van der Waals surface area contributed by atoms with E-state index in [1.807, 2.05) is 6.07 Å². The highest BCUT2D eigenvalue weighted by molar-refractivity contribution is 9.10. The number of pyridine rings is 2. The Labute approximate surface area is 116 Å². The molecule has 0 unspecified atom stereocenters. The van der Waals surface area contributed by atoms with Gasteiger partial charge in [0.2, 0.25) is 5.82 Å². The van der Waals surface area contributed by atoms with E-state index in [-0.39, 0.29) is 11.6 Å². The lowest BCUT2D eigenvalue weighted by Gasteiger charge is -1.96. The number of hydrogen-bond donors (Lipinski definition) is 1. The number of halogens is 1. The van der Waals surface area contributed by atoms with Crippen LogP contribution >= 0.6 is 15.9 Å². The summed E-state index contributed by atoms with van der Waals surface area (Å²) in [6.07, 6.45) is 4.50. The molecule has 3 aromatic rings. The van der Waals surface area contributed by atoms with Crippen LogP contribution in [0.2, 0.25) is 0 Å². The van der Waals surface area contributed by atoms with Crippen LogP contribution in [-0.4, -0.2) is 25.2 Å². The van der Waals surface area contributed by atoms with Crippen LogP contribution in [0.5, 0.6) is 5.75 Å². The van der Waals surface area contributed by atoms with Crippen molar-refractivity contribution in [1.82, 2.24) is 20.1 Å². The molecule has 0 atom stereocenters. The van der Waals surface area contributed by atoms with Crippen LogP contribution < -0.4 is 0 Å². The van der Waals surface area contributed by atoms with Crippen LogP contribution in [-0.2, 0) is 0 Å². The largest absolute Gasteiger partial charge is 0.505 e. The van der Waals surface area contributed by atoms with Crippen molar-refractivity contribution < 1.29 is 9.63 Å². The topological polar surface area (TPSA) is 84.9 Å². The van der Waals surface area contributed by atoms with Gasteiger partial charge in [0.1, 0.15) is 11.4 Å². The van der Waals surface area contributed by atoms with Gasteiger partial charge in [0.25, 0.3) is 5.89 Å². The molecule has 94 valence electrons. The first kappa shape index (κ1) is 11.8. The summed E-state index contributed by atoms with van der Waals surface area (Å²) in [7, 11) is 0. The highest BCUT2D eigenvalue weighted by Gasteiger charge is 2.14. The zero-order chi connectivity index (χ0) is 13.2. The Balaban J connectivity index is 2.00. The highest BCUT2D eigenvalue weighted by Crippen LogP contribution is 2.27. The quantitative estimate of drug-likeness (QED) is 0.781. The van der Waals surface area contributed by atoms with E-state index in [9.17, 15) is 5.11 Å². The third kappa shape index (κ3) is 2.32. The van der Waals surface area contributed by atoms with E-state index >= 15 is 0 Å². The number of nitrogens with zero attached hydrogens (tertiary/aromatic N) is 4. The van der Waals surface area contributed by atoms with Crippen molar-refractivity contribution in [2.45, 2.75) is 0 Å². The monoisotopic (exact) mass is 318 g/mol. The van der Waals surface area contributed by atoms with Crippen molar-refractivity contribution in [3.63, 3.8) is 0 Å². The molecule has 0 spiro atoms. The Hall–Kier alpha value is -2.28. The van der Waals surface area contributed by atoms with Crippen LogP contribution in [0.15, 0.2) is 45.8 Å². The minimum Gasteiger partial charge on any atom is -0.505 e. The molecule has 7 heteroatoms. The summed E-state index contributed by atoms with van der Waals surface area (Å²) in [6, 6.07) is 5.20. The third-order valence-electron chi connectivity index (χ3n) is 2.41. The summed E-state index contributed by atoms with van der Waals surface area (Å²) in [5.74, 6) is 0.569. The summed E-state index contributed by atoms with van der Waals surface area (Å²) in [5, 5.41) is 13.5. The van der Waals surface area contributed by atoms with Gasteiger partial charge in [-0.25, -0.2) is 0 Å². The molecule has 0 amide bonds. The zero-order valence-corrected chi connectivity index (χ0v) is 11.1. The molecule has 6 nitrogen and oxygen atoms in total. The zero-order valence-electron chi connectivity index (χ0n) is 9.49. The number of aromatic nitrogens is 4. The first-order chi connectivity index (χ1) is 9.24. The molecule has 1 N–H and O–H groups in total. The van der Waals surface area contributed by atoms with Crippen LogP contribution in [0.1, 0.15) is 0 Å². The average Bonchev–Trinajstić information content (AvgIpc) is 2.89. The molecule has 3 rings (SSSR count). The lowest BCUT2D eigenvalue weighted by molar-refractivity contribution is 0.425. The molecule has 0 aromatic carbocycles. The van der Waals surface area contributed by atoms with E-state index in [2.05, 4.69) is 36.0 Å². The molecule has 0 radical (unpaired) electrons. The SMILES string of the molecule is Oc1cnccc1-c1nc(-c2ccc(Br)cn2)no1. The predicted octanol–water partition coefficient (Wildman–Crippen LogP) is 2.66. The second-order valence-corrected chi connectivity index (χ2v) is 4.59. The Morgan fingerprint density at radius 2 is 2.05 bits per heavy atom. The van der Waals surface area contributed by atoms with Gasteiger partial charge in [0, 0.05) is 16.9 Å².